The smallest absolute Gasteiger partial charge is 0.282 e. The maximum atomic E-state index is 11.1. The van der Waals surface area contributed by atoms with Gasteiger partial charge in [0.05, 0.1) is 4.90 Å². The van der Waals surface area contributed by atoms with Gasteiger partial charge in [0.1, 0.15) is 0 Å². The molecule has 20 heavy (non-hydrogen) atoms. The fourth-order valence-electron chi connectivity index (χ4n) is 2.35. The van der Waals surface area contributed by atoms with Crippen LogP contribution in [0.4, 0.5) is 0 Å². The molecule has 0 heterocycles. The first kappa shape index (κ1) is 15.0. The van der Waals surface area contributed by atoms with Crippen LogP contribution < -0.4 is 0 Å². The third-order valence-corrected chi connectivity index (χ3v) is 4.34. The van der Waals surface area contributed by atoms with Gasteiger partial charge in [-0.1, -0.05) is 50.5 Å². The molecular weight excluding hydrogens is 272 g/mol. The number of hydrogen-bond donors (Lipinski definition) is 1. The van der Waals surface area contributed by atoms with Crippen molar-refractivity contribution in [1.82, 2.24) is 0 Å². The van der Waals surface area contributed by atoms with Gasteiger partial charge in [-0.2, -0.15) is 8.42 Å². The lowest BCUT2D eigenvalue weighted by Crippen LogP contribution is -1.97. The van der Waals surface area contributed by atoms with Crippen LogP contribution in [0, 0.1) is 0 Å². The highest BCUT2D eigenvalue weighted by Gasteiger charge is 2.09. The molecule has 0 spiro atoms. The molecule has 0 aliphatic heterocycles. The molecule has 1 N–H and O–H groups in total. The summed E-state index contributed by atoms with van der Waals surface area (Å²) in [5.41, 5.74) is 1.27. The van der Waals surface area contributed by atoms with Crippen LogP contribution in [0.3, 0.4) is 0 Å². The first-order chi connectivity index (χ1) is 9.50. The second-order valence-corrected chi connectivity index (χ2v) is 6.55. The van der Waals surface area contributed by atoms with Crippen LogP contribution in [0.5, 0.6) is 0 Å². The lowest BCUT2D eigenvalue weighted by Gasteiger charge is -2.05. The van der Waals surface area contributed by atoms with Crippen LogP contribution in [0.15, 0.2) is 41.3 Å². The van der Waals surface area contributed by atoms with Crippen LogP contribution in [-0.4, -0.2) is 13.0 Å². The number of rotatable bonds is 6. The third kappa shape index (κ3) is 3.81. The summed E-state index contributed by atoms with van der Waals surface area (Å²) < 4.78 is 31.2. The maximum Gasteiger partial charge on any atom is 0.294 e. The van der Waals surface area contributed by atoms with Gasteiger partial charge >= 0.3 is 0 Å². The third-order valence-electron chi connectivity index (χ3n) is 3.49. The quantitative estimate of drug-likeness (QED) is 0.641. The molecule has 3 nitrogen and oxygen atoms in total. The summed E-state index contributed by atoms with van der Waals surface area (Å²) in [7, 11) is -4.12. The van der Waals surface area contributed by atoms with Gasteiger partial charge in [0.15, 0.2) is 0 Å². The van der Waals surface area contributed by atoms with E-state index in [1.54, 1.807) is 6.07 Å². The van der Waals surface area contributed by atoms with Gasteiger partial charge in [-0.3, -0.25) is 4.55 Å². The molecular formula is C16H20O3S. The van der Waals surface area contributed by atoms with Crippen molar-refractivity contribution < 1.29 is 13.0 Å². The van der Waals surface area contributed by atoms with Crippen molar-refractivity contribution in [1.29, 1.82) is 0 Å². The van der Waals surface area contributed by atoms with E-state index in [4.69, 9.17) is 4.55 Å². The highest BCUT2D eigenvalue weighted by molar-refractivity contribution is 7.85. The predicted octanol–water partition coefficient (Wildman–Crippen LogP) is 4.21. The Bertz CT molecular complexity index is 690. The van der Waals surface area contributed by atoms with Crippen molar-refractivity contribution >= 4 is 20.9 Å². The van der Waals surface area contributed by atoms with E-state index in [1.165, 1.54) is 43.4 Å². The Morgan fingerprint density at radius 2 is 1.65 bits per heavy atom. The lowest BCUT2D eigenvalue weighted by atomic mass is 10.0. The van der Waals surface area contributed by atoms with E-state index in [1.807, 2.05) is 12.1 Å². The van der Waals surface area contributed by atoms with Crippen LogP contribution in [0.2, 0.25) is 0 Å². The lowest BCUT2D eigenvalue weighted by molar-refractivity contribution is 0.483. The zero-order valence-corrected chi connectivity index (χ0v) is 12.5. The van der Waals surface area contributed by atoms with E-state index >= 15 is 0 Å². The highest BCUT2D eigenvalue weighted by Crippen LogP contribution is 2.21. The zero-order valence-electron chi connectivity index (χ0n) is 11.7. The molecule has 0 unspecified atom stereocenters. The minimum absolute atomic E-state index is 0.0549. The number of aryl methyl sites for hydroxylation is 1. The second kappa shape index (κ2) is 6.37. The van der Waals surface area contributed by atoms with E-state index in [0.29, 0.717) is 0 Å². The van der Waals surface area contributed by atoms with Crippen LogP contribution in [0.1, 0.15) is 38.2 Å². The molecule has 0 saturated carbocycles. The van der Waals surface area contributed by atoms with Gasteiger partial charge in [0.2, 0.25) is 0 Å². The first-order valence-electron chi connectivity index (χ1n) is 7.01. The molecule has 0 bridgehead atoms. The summed E-state index contributed by atoms with van der Waals surface area (Å²) in [6, 6.07) is 10.7. The number of fused-ring (bicyclic) bond motifs is 1. The average molecular weight is 292 g/mol. The molecule has 2 rings (SSSR count). The minimum Gasteiger partial charge on any atom is -0.282 e. The average Bonchev–Trinajstić information content (AvgIpc) is 2.42. The van der Waals surface area contributed by atoms with Crippen molar-refractivity contribution in [2.24, 2.45) is 0 Å². The molecule has 0 saturated heterocycles. The molecule has 0 fully saturated rings. The van der Waals surface area contributed by atoms with Gasteiger partial charge in [-0.25, -0.2) is 0 Å². The first-order valence-corrected chi connectivity index (χ1v) is 8.45. The fourth-order valence-corrected chi connectivity index (χ4v) is 2.86. The summed E-state index contributed by atoms with van der Waals surface area (Å²) >= 11 is 0. The van der Waals surface area contributed by atoms with Gasteiger partial charge in [-0.15, -0.1) is 0 Å². The van der Waals surface area contributed by atoms with Gasteiger partial charge < -0.3 is 0 Å². The molecule has 0 atom stereocenters. The molecule has 2 aromatic rings. The highest BCUT2D eigenvalue weighted by atomic mass is 32.2. The van der Waals surface area contributed by atoms with Crippen molar-refractivity contribution in [3.05, 3.63) is 42.0 Å². The Balaban J connectivity index is 2.19. The topological polar surface area (TPSA) is 54.4 Å². The van der Waals surface area contributed by atoms with Crippen molar-refractivity contribution in [2.75, 3.05) is 0 Å². The standard InChI is InChI=1S/C16H20O3S/c1-2-3-4-5-6-13-7-8-15-12-16(20(17,18)19)10-9-14(15)11-13/h7-12H,2-6H2,1H3,(H,17,18,19). The summed E-state index contributed by atoms with van der Waals surface area (Å²) in [5, 5.41) is 1.84. The van der Waals surface area contributed by atoms with E-state index in [-0.39, 0.29) is 4.90 Å². The van der Waals surface area contributed by atoms with E-state index < -0.39 is 10.1 Å². The van der Waals surface area contributed by atoms with Crippen molar-refractivity contribution in [2.45, 2.75) is 43.9 Å². The SMILES string of the molecule is CCCCCCc1ccc2cc(S(=O)(=O)O)ccc2c1. The van der Waals surface area contributed by atoms with Gasteiger partial charge in [0.25, 0.3) is 10.1 Å². The molecule has 0 radical (unpaired) electrons. The summed E-state index contributed by atoms with van der Waals surface area (Å²) in [6.45, 7) is 2.20. The fraction of sp³-hybridized carbons (Fsp3) is 0.375. The number of benzene rings is 2. The summed E-state index contributed by atoms with van der Waals surface area (Å²) in [4.78, 5) is -0.0549. The molecule has 4 heteroatoms. The van der Waals surface area contributed by atoms with E-state index in [2.05, 4.69) is 13.0 Å². The van der Waals surface area contributed by atoms with E-state index in [0.717, 1.165) is 17.2 Å². The van der Waals surface area contributed by atoms with Crippen LogP contribution in [-0.2, 0) is 16.5 Å². The van der Waals surface area contributed by atoms with E-state index in [9.17, 15) is 8.42 Å². The zero-order chi connectivity index (χ0) is 14.6. The van der Waals surface area contributed by atoms with Gasteiger partial charge in [0, 0.05) is 0 Å². The van der Waals surface area contributed by atoms with Gasteiger partial charge in [-0.05, 0) is 41.3 Å². The second-order valence-electron chi connectivity index (χ2n) is 5.13. The molecule has 108 valence electrons. The van der Waals surface area contributed by atoms with Crippen molar-refractivity contribution in [3.8, 4) is 0 Å². The number of hydrogen-bond acceptors (Lipinski definition) is 2. The molecule has 0 aliphatic carbocycles. The summed E-state index contributed by atoms with van der Waals surface area (Å²) in [6.07, 6.45) is 5.98. The Hall–Kier alpha value is -1.39. The Morgan fingerprint density at radius 1 is 0.950 bits per heavy atom. The number of unbranched alkanes of at least 4 members (excludes halogenated alkanes) is 3. The van der Waals surface area contributed by atoms with Crippen LogP contribution in [0.25, 0.3) is 10.8 Å². The Kier molecular flexibility index (Phi) is 4.78. The molecule has 2 aromatic carbocycles. The predicted molar refractivity (Wildman–Crippen MR) is 81.6 cm³/mol. The van der Waals surface area contributed by atoms with Crippen LogP contribution >= 0.6 is 0 Å². The Morgan fingerprint density at radius 3 is 2.35 bits per heavy atom. The van der Waals surface area contributed by atoms with Crippen molar-refractivity contribution in [3.63, 3.8) is 0 Å². The summed E-state index contributed by atoms with van der Waals surface area (Å²) in [5.74, 6) is 0. The largest absolute Gasteiger partial charge is 0.294 e. The minimum atomic E-state index is -4.12. The maximum absolute atomic E-state index is 11.1. The molecule has 0 aliphatic rings. The molecule has 0 amide bonds. The Labute approximate surface area is 120 Å². The monoisotopic (exact) mass is 292 g/mol. The normalized spacial score (nSPS) is 11.9. The molecule has 0 aromatic heterocycles.